The Hall–Kier alpha value is -1.69. The zero-order valence-electron chi connectivity index (χ0n) is 12.2. The number of benzene rings is 1. The molecule has 2 rings (SSSR count). The van der Waals surface area contributed by atoms with E-state index in [-0.39, 0.29) is 5.82 Å². The first-order valence-corrected chi connectivity index (χ1v) is 7.52. The summed E-state index contributed by atoms with van der Waals surface area (Å²) in [7, 11) is 0. The van der Waals surface area contributed by atoms with Gasteiger partial charge in [-0.3, -0.25) is 0 Å². The molecular weight excluding hydrogens is 337 g/mol. The van der Waals surface area contributed by atoms with Crippen molar-refractivity contribution in [1.82, 2.24) is 9.97 Å². The lowest BCUT2D eigenvalue weighted by Gasteiger charge is -2.13. The van der Waals surface area contributed by atoms with Gasteiger partial charge in [0.05, 0.1) is 5.56 Å². The molecule has 1 heterocycles. The normalized spacial score (nSPS) is 10.5. The van der Waals surface area contributed by atoms with Crippen molar-refractivity contribution in [3.63, 3.8) is 0 Å². The summed E-state index contributed by atoms with van der Waals surface area (Å²) < 4.78 is 19.7. The first-order valence-electron chi connectivity index (χ1n) is 6.72. The van der Waals surface area contributed by atoms with Gasteiger partial charge in [-0.25, -0.2) is 9.37 Å². The lowest BCUT2D eigenvalue weighted by Crippen LogP contribution is -2.07. The van der Waals surface area contributed by atoms with Crippen LogP contribution in [0.2, 0.25) is 0 Å². The molecule has 0 unspecified atom stereocenters. The molecule has 6 heteroatoms. The topological polar surface area (TPSA) is 47.0 Å². The Morgan fingerprint density at radius 1 is 1.24 bits per heavy atom. The molecule has 0 amide bonds. The predicted octanol–water partition coefficient (Wildman–Crippen LogP) is 4.61. The van der Waals surface area contributed by atoms with Gasteiger partial charge in [0.1, 0.15) is 23.2 Å². The van der Waals surface area contributed by atoms with Gasteiger partial charge in [-0.2, -0.15) is 4.98 Å². The Morgan fingerprint density at radius 2 is 2.00 bits per heavy atom. The molecule has 0 spiro atoms. The van der Waals surface area contributed by atoms with E-state index in [1.165, 1.54) is 12.1 Å². The van der Waals surface area contributed by atoms with Crippen molar-refractivity contribution in [3.8, 4) is 11.6 Å². The zero-order chi connectivity index (χ0) is 15.4. The van der Waals surface area contributed by atoms with Crippen LogP contribution in [0.15, 0.2) is 22.7 Å². The molecule has 0 saturated carbocycles. The third-order valence-electron chi connectivity index (χ3n) is 2.81. The average molecular weight is 354 g/mol. The van der Waals surface area contributed by atoms with E-state index in [1.807, 2.05) is 6.92 Å². The van der Waals surface area contributed by atoms with Crippen LogP contribution < -0.4 is 10.1 Å². The highest BCUT2D eigenvalue weighted by Gasteiger charge is 2.12. The predicted molar refractivity (Wildman–Crippen MR) is 84.5 cm³/mol. The Morgan fingerprint density at radius 3 is 2.67 bits per heavy atom. The van der Waals surface area contributed by atoms with Gasteiger partial charge in [0.25, 0.3) is 0 Å². The van der Waals surface area contributed by atoms with Crippen LogP contribution >= 0.6 is 15.9 Å². The number of nitrogens with zero attached hydrogens (tertiary/aromatic N) is 2. The van der Waals surface area contributed by atoms with Crippen molar-refractivity contribution in [3.05, 3.63) is 39.9 Å². The lowest BCUT2D eigenvalue weighted by atomic mass is 10.3. The van der Waals surface area contributed by atoms with E-state index in [9.17, 15) is 4.39 Å². The zero-order valence-corrected chi connectivity index (χ0v) is 13.8. The van der Waals surface area contributed by atoms with Crippen molar-refractivity contribution in [1.29, 1.82) is 0 Å². The minimum absolute atomic E-state index is 0.368. The molecule has 21 heavy (non-hydrogen) atoms. The number of aryl methyl sites for hydroxylation is 1. The van der Waals surface area contributed by atoms with Gasteiger partial charge >= 0.3 is 0 Å². The highest BCUT2D eigenvalue weighted by molar-refractivity contribution is 9.10. The molecule has 0 fully saturated rings. The SMILES string of the molecule is CCCNc1nc(C)nc(Oc2cc(F)cc(Br)c2)c1C. The fraction of sp³-hybridized carbons (Fsp3) is 0.333. The number of aromatic nitrogens is 2. The molecule has 0 atom stereocenters. The quantitative estimate of drug-likeness (QED) is 0.852. The maximum Gasteiger partial charge on any atom is 0.227 e. The van der Waals surface area contributed by atoms with Gasteiger partial charge in [-0.05, 0) is 32.4 Å². The van der Waals surface area contributed by atoms with Crippen LogP contribution in [0.25, 0.3) is 0 Å². The Balaban J connectivity index is 2.32. The number of nitrogens with one attached hydrogen (secondary N) is 1. The molecule has 0 aliphatic heterocycles. The Bertz CT molecular complexity index is 629. The van der Waals surface area contributed by atoms with Crippen LogP contribution in [0.4, 0.5) is 10.2 Å². The minimum atomic E-state index is -0.368. The van der Waals surface area contributed by atoms with Crippen LogP contribution in [-0.4, -0.2) is 16.5 Å². The van der Waals surface area contributed by atoms with Gasteiger partial charge in [0.15, 0.2) is 0 Å². The van der Waals surface area contributed by atoms with Gasteiger partial charge in [0, 0.05) is 17.1 Å². The molecule has 2 aromatic rings. The first-order chi connectivity index (χ1) is 9.99. The second-order valence-electron chi connectivity index (χ2n) is 4.68. The molecule has 0 radical (unpaired) electrons. The van der Waals surface area contributed by atoms with Crippen LogP contribution in [0.1, 0.15) is 24.7 Å². The number of hydrogen-bond acceptors (Lipinski definition) is 4. The van der Waals surface area contributed by atoms with Crippen LogP contribution in [0.3, 0.4) is 0 Å². The van der Waals surface area contributed by atoms with Crippen molar-refractivity contribution in [2.45, 2.75) is 27.2 Å². The summed E-state index contributed by atoms with van der Waals surface area (Å²) in [5.41, 5.74) is 0.800. The number of halogens is 2. The maximum atomic E-state index is 13.4. The van der Waals surface area contributed by atoms with Crippen LogP contribution in [0, 0.1) is 19.7 Å². The minimum Gasteiger partial charge on any atom is -0.438 e. The number of ether oxygens (including phenoxy) is 1. The molecule has 0 aliphatic rings. The fourth-order valence-corrected chi connectivity index (χ4v) is 2.26. The van der Waals surface area contributed by atoms with E-state index >= 15 is 0 Å². The van der Waals surface area contributed by atoms with Crippen LogP contribution in [0.5, 0.6) is 11.6 Å². The Kier molecular flexibility index (Phi) is 5.12. The second-order valence-corrected chi connectivity index (χ2v) is 5.60. The van der Waals surface area contributed by atoms with Crippen molar-refractivity contribution in [2.24, 2.45) is 0 Å². The van der Waals surface area contributed by atoms with E-state index in [0.717, 1.165) is 24.3 Å². The summed E-state index contributed by atoms with van der Waals surface area (Å²) in [5.74, 6) is 1.80. The van der Waals surface area contributed by atoms with Crippen LogP contribution in [-0.2, 0) is 0 Å². The molecule has 1 aromatic carbocycles. The van der Waals surface area contributed by atoms with Gasteiger partial charge in [0.2, 0.25) is 5.88 Å². The lowest BCUT2D eigenvalue weighted by molar-refractivity contribution is 0.451. The van der Waals surface area contributed by atoms with E-state index in [0.29, 0.717) is 21.9 Å². The maximum absolute atomic E-state index is 13.4. The molecule has 0 saturated heterocycles. The van der Waals surface area contributed by atoms with E-state index in [1.54, 1.807) is 13.0 Å². The monoisotopic (exact) mass is 353 g/mol. The molecular formula is C15H17BrFN3O. The van der Waals surface area contributed by atoms with Crippen molar-refractivity contribution >= 4 is 21.7 Å². The first kappa shape index (κ1) is 15.7. The number of hydrogen-bond donors (Lipinski definition) is 1. The third kappa shape index (κ3) is 4.14. The average Bonchev–Trinajstić information content (AvgIpc) is 2.39. The largest absolute Gasteiger partial charge is 0.438 e. The smallest absolute Gasteiger partial charge is 0.227 e. The van der Waals surface area contributed by atoms with Gasteiger partial charge in [-0.1, -0.05) is 22.9 Å². The molecule has 112 valence electrons. The summed E-state index contributed by atoms with van der Waals surface area (Å²) in [6.07, 6.45) is 0.996. The van der Waals surface area contributed by atoms with E-state index in [4.69, 9.17) is 4.74 Å². The molecule has 1 N–H and O–H groups in total. The van der Waals surface area contributed by atoms with E-state index in [2.05, 4.69) is 38.1 Å². The molecule has 4 nitrogen and oxygen atoms in total. The number of anilines is 1. The highest BCUT2D eigenvalue weighted by atomic mass is 79.9. The summed E-state index contributed by atoms with van der Waals surface area (Å²) in [4.78, 5) is 8.65. The summed E-state index contributed by atoms with van der Waals surface area (Å²) in [6, 6.07) is 4.39. The van der Waals surface area contributed by atoms with E-state index < -0.39 is 0 Å². The van der Waals surface area contributed by atoms with Gasteiger partial charge < -0.3 is 10.1 Å². The molecule has 0 aliphatic carbocycles. The Labute approximate surface area is 131 Å². The molecule has 0 bridgehead atoms. The number of rotatable bonds is 5. The summed E-state index contributed by atoms with van der Waals surface area (Å²) in [5, 5.41) is 3.24. The fourth-order valence-electron chi connectivity index (χ4n) is 1.82. The molecule has 1 aromatic heterocycles. The van der Waals surface area contributed by atoms with Crippen molar-refractivity contribution in [2.75, 3.05) is 11.9 Å². The third-order valence-corrected chi connectivity index (χ3v) is 3.26. The summed E-state index contributed by atoms with van der Waals surface area (Å²) in [6.45, 7) is 6.58. The van der Waals surface area contributed by atoms with Gasteiger partial charge in [-0.15, -0.1) is 0 Å². The summed E-state index contributed by atoms with van der Waals surface area (Å²) >= 11 is 3.24. The highest BCUT2D eigenvalue weighted by Crippen LogP contribution is 2.29. The second kappa shape index (κ2) is 6.85. The van der Waals surface area contributed by atoms with Crippen molar-refractivity contribution < 1.29 is 9.13 Å². The standard InChI is InChI=1S/C15H17BrFN3O/c1-4-5-18-14-9(2)15(20-10(3)19-14)21-13-7-11(16)6-12(17)8-13/h6-8H,4-5H2,1-3H3,(H,18,19,20).